The van der Waals surface area contributed by atoms with Crippen molar-refractivity contribution in [2.24, 2.45) is 17.8 Å². The lowest BCUT2D eigenvalue weighted by molar-refractivity contribution is -0.151. The highest BCUT2D eigenvalue weighted by Gasteiger charge is 2.44. The molecule has 18 heavy (non-hydrogen) atoms. The Morgan fingerprint density at radius 3 is 1.67 bits per heavy atom. The van der Waals surface area contributed by atoms with Gasteiger partial charge in [0.2, 0.25) is 0 Å². The molecule has 0 amide bonds. The van der Waals surface area contributed by atoms with Crippen LogP contribution in [0.3, 0.4) is 0 Å². The van der Waals surface area contributed by atoms with E-state index in [1.54, 1.807) is 0 Å². The average molecular weight is 256 g/mol. The fourth-order valence-electron chi connectivity index (χ4n) is 3.34. The number of hydrogen-bond acceptors (Lipinski definition) is 2. The van der Waals surface area contributed by atoms with Gasteiger partial charge in [-0.2, -0.15) is 0 Å². The quantitative estimate of drug-likeness (QED) is 0.581. The molecule has 4 rings (SSSR count). The van der Waals surface area contributed by atoms with Crippen molar-refractivity contribution in [1.29, 1.82) is 0 Å². The maximum Gasteiger partial charge on any atom is 0.309 e. The van der Waals surface area contributed by atoms with Gasteiger partial charge in [-0.05, 0) is 43.9 Å². The molecule has 0 aromatic carbocycles. The maximum atomic E-state index is 11.4. The van der Waals surface area contributed by atoms with Gasteiger partial charge in [0, 0.05) is 0 Å². The Balaban J connectivity index is 0.000000429. The van der Waals surface area contributed by atoms with Crippen molar-refractivity contribution >= 4 is 5.97 Å². The molecule has 0 aromatic heterocycles. The summed E-state index contributed by atoms with van der Waals surface area (Å²) in [6.45, 7) is 12.0. The zero-order chi connectivity index (χ0) is 14.1. The van der Waals surface area contributed by atoms with E-state index < -0.39 is 0 Å². The molecular formula is C16H32O2. The van der Waals surface area contributed by atoms with Gasteiger partial charge in [0.1, 0.15) is 6.10 Å². The second-order valence-electron chi connectivity index (χ2n) is 4.67. The number of esters is 1. The van der Waals surface area contributed by atoms with Crippen molar-refractivity contribution in [2.75, 3.05) is 0 Å². The van der Waals surface area contributed by atoms with Crippen molar-refractivity contribution in [2.45, 2.75) is 79.8 Å². The number of ether oxygens (including phenoxy) is 1. The highest BCUT2D eigenvalue weighted by Crippen LogP contribution is 2.46. The van der Waals surface area contributed by atoms with E-state index >= 15 is 0 Å². The summed E-state index contributed by atoms with van der Waals surface area (Å²) in [5.41, 5.74) is 0. The summed E-state index contributed by atoms with van der Waals surface area (Å²) in [6.07, 6.45) is 6.19. The fourth-order valence-corrected chi connectivity index (χ4v) is 3.34. The summed E-state index contributed by atoms with van der Waals surface area (Å²) in [5, 5.41) is 0. The van der Waals surface area contributed by atoms with E-state index in [1.807, 2.05) is 41.5 Å². The normalized spacial score (nSPS) is 34.7. The second-order valence-corrected chi connectivity index (χ2v) is 4.67. The summed E-state index contributed by atoms with van der Waals surface area (Å²) in [5.74, 6) is 1.98. The molecule has 2 aliphatic carbocycles. The standard InChI is InChI=1S/C10H14O2.3C2H6/c11-10-8-2-6-1-7(3-8)5-9(4-6)12-10;3*1-2/h6-9H,1-5H2;3*1-2H3. The first-order valence-electron chi connectivity index (χ1n) is 8.02. The first-order chi connectivity index (χ1) is 8.81. The van der Waals surface area contributed by atoms with E-state index in [-0.39, 0.29) is 18.0 Å². The van der Waals surface area contributed by atoms with Crippen LogP contribution in [0.4, 0.5) is 0 Å². The first-order valence-corrected chi connectivity index (χ1v) is 8.02. The molecule has 0 N–H and O–H groups in total. The number of fused-ring (bicyclic) bond motifs is 1. The Morgan fingerprint density at radius 2 is 1.22 bits per heavy atom. The molecule has 0 spiro atoms. The first kappa shape index (κ1) is 17.5. The molecule has 2 saturated heterocycles. The second kappa shape index (κ2) is 9.41. The molecule has 2 atom stereocenters. The van der Waals surface area contributed by atoms with Crippen molar-refractivity contribution in [3.8, 4) is 0 Å². The number of carbonyl (C=O) groups excluding carboxylic acids is 1. The third kappa shape index (κ3) is 4.29. The summed E-state index contributed by atoms with van der Waals surface area (Å²) >= 11 is 0. The van der Waals surface area contributed by atoms with Gasteiger partial charge in [0.15, 0.2) is 0 Å². The maximum absolute atomic E-state index is 11.4. The highest BCUT2D eigenvalue weighted by atomic mass is 16.5. The summed E-state index contributed by atoms with van der Waals surface area (Å²) in [4.78, 5) is 11.4. The Morgan fingerprint density at radius 1 is 0.778 bits per heavy atom. The van der Waals surface area contributed by atoms with E-state index in [1.165, 1.54) is 6.42 Å². The van der Waals surface area contributed by atoms with Crippen LogP contribution in [-0.4, -0.2) is 12.1 Å². The monoisotopic (exact) mass is 256 g/mol. The van der Waals surface area contributed by atoms with Crippen LogP contribution in [-0.2, 0) is 9.53 Å². The Labute approximate surface area is 113 Å². The van der Waals surface area contributed by atoms with Gasteiger partial charge in [-0.3, -0.25) is 4.79 Å². The van der Waals surface area contributed by atoms with Crippen molar-refractivity contribution in [3.05, 3.63) is 0 Å². The van der Waals surface area contributed by atoms with Crippen LogP contribution >= 0.6 is 0 Å². The van der Waals surface area contributed by atoms with Crippen LogP contribution in [0.5, 0.6) is 0 Å². The SMILES string of the molecule is CC.CC.CC.O=C1OC2CC3CC(C2)CC1C3. The van der Waals surface area contributed by atoms with Gasteiger partial charge < -0.3 is 4.74 Å². The molecule has 2 nitrogen and oxygen atoms in total. The van der Waals surface area contributed by atoms with E-state index in [2.05, 4.69) is 0 Å². The van der Waals surface area contributed by atoms with E-state index in [4.69, 9.17) is 4.74 Å². The molecule has 2 heterocycles. The van der Waals surface area contributed by atoms with Gasteiger partial charge in [-0.15, -0.1) is 0 Å². The van der Waals surface area contributed by atoms with Crippen LogP contribution in [0.1, 0.15) is 73.6 Å². The minimum Gasteiger partial charge on any atom is -0.462 e. The van der Waals surface area contributed by atoms with Gasteiger partial charge in [0.05, 0.1) is 5.92 Å². The Kier molecular flexibility index (Phi) is 9.13. The third-order valence-electron chi connectivity index (χ3n) is 3.71. The lowest BCUT2D eigenvalue weighted by Crippen LogP contribution is -2.29. The minimum absolute atomic E-state index is 0.102. The fraction of sp³-hybridized carbons (Fsp3) is 0.938. The number of rotatable bonds is 0. The topological polar surface area (TPSA) is 26.3 Å². The van der Waals surface area contributed by atoms with Crippen LogP contribution in [0.25, 0.3) is 0 Å². The molecule has 108 valence electrons. The van der Waals surface area contributed by atoms with Crippen LogP contribution in [0.2, 0.25) is 0 Å². The lowest BCUT2D eigenvalue weighted by Gasteiger charge is -2.35. The van der Waals surface area contributed by atoms with Gasteiger partial charge in [-0.25, -0.2) is 0 Å². The van der Waals surface area contributed by atoms with Gasteiger partial charge in [0.25, 0.3) is 0 Å². The summed E-state index contributed by atoms with van der Waals surface area (Å²) in [6, 6.07) is 0. The van der Waals surface area contributed by atoms with Gasteiger partial charge in [-0.1, -0.05) is 41.5 Å². The predicted molar refractivity (Wildman–Crippen MR) is 77.5 cm³/mol. The van der Waals surface area contributed by atoms with Crippen molar-refractivity contribution in [3.63, 3.8) is 0 Å². The van der Waals surface area contributed by atoms with Crippen LogP contribution in [0.15, 0.2) is 0 Å². The smallest absolute Gasteiger partial charge is 0.309 e. The lowest BCUT2D eigenvalue weighted by atomic mass is 9.68. The number of hydrogen-bond donors (Lipinski definition) is 0. The zero-order valence-electron chi connectivity index (χ0n) is 13.2. The van der Waals surface area contributed by atoms with Crippen molar-refractivity contribution in [1.82, 2.24) is 0 Å². The molecule has 0 aromatic rings. The third-order valence-corrected chi connectivity index (χ3v) is 3.71. The summed E-state index contributed by atoms with van der Waals surface area (Å²) < 4.78 is 5.40. The molecule has 2 aliphatic heterocycles. The largest absolute Gasteiger partial charge is 0.462 e. The minimum atomic E-state index is 0.102. The van der Waals surface area contributed by atoms with E-state index in [0.717, 1.165) is 37.5 Å². The van der Waals surface area contributed by atoms with E-state index in [0.29, 0.717) is 0 Å². The molecular weight excluding hydrogens is 224 g/mol. The Hall–Kier alpha value is -0.530. The molecule has 2 heteroatoms. The molecule has 0 radical (unpaired) electrons. The molecule has 2 saturated carbocycles. The van der Waals surface area contributed by atoms with Crippen LogP contribution in [0, 0.1) is 17.8 Å². The summed E-state index contributed by atoms with van der Waals surface area (Å²) in [7, 11) is 0. The van der Waals surface area contributed by atoms with Crippen molar-refractivity contribution < 1.29 is 9.53 Å². The highest BCUT2D eigenvalue weighted by molar-refractivity contribution is 5.73. The Bertz CT molecular complexity index is 211. The predicted octanol–water partition coefficient (Wildman–Crippen LogP) is 4.82. The zero-order valence-corrected chi connectivity index (χ0v) is 13.2. The number of carbonyl (C=O) groups is 1. The average Bonchev–Trinajstić information content (AvgIpc) is 2.60. The van der Waals surface area contributed by atoms with Crippen LogP contribution < -0.4 is 0 Å². The van der Waals surface area contributed by atoms with E-state index in [9.17, 15) is 4.79 Å². The molecule has 4 bridgehead atoms. The molecule has 4 aliphatic rings. The molecule has 2 unspecified atom stereocenters. The molecule has 4 fully saturated rings. The van der Waals surface area contributed by atoms with Gasteiger partial charge >= 0.3 is 5.97 Å².